The Labute approximate surface area is 214 Å². The molecule has 0 spiro atoms. The van der Waals surface area contributed by atoms with Crippen molar-refractivity contribution in [2.45, 2.75) is 37.5 Å². The molecular weight excluding hydrogens is 500 g/mol. The van der Waals surface area contributed by atoms with Crippen LogP contribution in [0.5, 0.6) is 0 Å². The predicted molar refractivity (Wildman–Crippen MR) is 132 cm³/mol. The number of carboxylic acids is 1. The Bertz CT molecular complexity index is 1580. The number of halogens is 4. The number of hydrogen-bond acceptors (Lipinski definition) is 2. The highest BCUT2D eigenvalue weighted by Crippen LogP contribution is 2.67. The minimum Gasteiger partial charge on any atom is -0.481 e. The van der Waals surface area contributed by atoms with Gasteiger partial charge in [-0.1, -0.05) is 24.3 Å². The molecule has 3 fully saturated rings. The summed E-state index contributed by atoms with van der Waals surface area (Å²) in [6.45, 7) is 0.231. The molecule has 38 heavy (non-hydrogen) atoms. The van der Waals surface area contributed by atoms with Crippen LogP contribution in [0.1, 0.15) is 40.7 Å². The number of carbonyl (C=O) groups excluding carboxylic acids is 1. The smallest absolute Gasteiger partial charge is 0.416 e. The van der Waals surface area contributed by atoms with Crippen molar-refractivity contribution in [2.24, 2.45) is 5.41 Å². The predicted octanol–water partition coefficient (Wildman–Crippen LogP) is 6.25. The second-order valence-corrected chi connectivity index (χ2v) is 10.5. The zero-order valence-electron chi connectivity index (χ0n) is 20.0. The van der Waals surface area contributed by atoms with E-state index >= 15 is 0 Å². The highest BCUT2D eigenvalue weighted by atomic mass is 19.4. The molecular formula is C29H22F4N2O3. The molecule has 194 valence electrons. The molecule has 3 aliphatic carbocycles. The van der Waals surface area contributed by atoms with Crippen molar-refractivity contribution in [3.05, 3.63) is 95.4 Å². The largest absolute Gasteiger partial charge is 0.481 e. The van der Waals surface area contributed by atoms with Crippen molar-refractivity contribution in [1.29, 1.82) is 0 Å². The number of benzene rings is 3. The third kappa shape index (κ3) is 3.93. The average molecular weight is 522 g/mol. The Morgan fingerprint density at radius 1 is 0.947 bits per heavy atom. The second kappa shape index (κ2) is 8.18. The van der Waals surface area contributed by atoms with E-state index in [0.717, 1.165) is 12.1 Å². The number of fused-ring (bicyclic) bond motifs is 1. The van der Waals surface area contributed by atoms with Gasteiger partial charge in [0.1, 0.15) is 5.82 Å². The van der Waals surface area contributed by atoms with E-state index in [1.165, 1.54) is 24.3 Å². The Balaban J connectivity index is 1.38. The van der Waals surface area contributed by atoms with Gasteiger partial charge in [0.15, 0.2) is 0 Å². The molecule has 1 amide bonds. The molecule has 5 nitrogen and oxygen atoms in total. The van der Waals surface area contributed by atoms with Gasteiger partial charge in [-0.25, -0.2) is 4.39 Å². The summed E-state index contributed by atoms with van der Waals surface area (Å²) in [5.74, 6) is -1.64. The van der Waals surface area contributed by atoms with E-state index in [2.05, 4.69) is 5.32 Å². The Hall–Kier alpha value is -4.14. The Kier molecular flexibility index (Phi) is 5.21. The molecule has 7 rings (SSSR count). The topological polar surface area (TPSA) is 71.3 Å². The maximum absolute atomic E-state index is 14.0. The minimum atomic E-state index is -4.43. The van der Waals surface area contributed by atoms with Crippen LogP contribution in [0.4, 0.5) is 17.6 Å². The number of nitrogens with one attached hydrogen (secondary N) is 1. The fraction of sp³-hybridized carbons (Fsp3) is 0.241. The van der Waals surface area contributed by atoms with E-state index in [0.29, 0.717) is 52.4 Å². The second-order valence-electron chi connectivity index (χ2n) is 10.5. The summed E-state index contributed by atoms with van der Waals surface area (Å²) in [6.07, 6.45) is -1.55. The van der Waals surface area contributed by atoms with Gasteiger partial charge < -0.3 is 15.0 Å². The van der Waals surface area contributed by atoms with Crippen LogP contribution in [-0.4, -0.2) is 27.1 Å². The summed E-state index contributed by atoms with van der Waals surface area (Å²) in [5, 5.41) is 13.2. The molecule has 0 radical (unpaired) electrons. The molecule has 3 aliphatic rings. The first kappa shape index (κ1) is 24.2. The first-order valence-corrected chi connectivity index (χ1v) is 12.1. The number of carboxylic acid groups (broad SMARTS) is 1. The number of amides is 1. The average Bonchev–Trinajstić information content (AvgIpc) is 3.21. The van der Waals surface area contributed by atoms with Gasteiger partial charge in [0, 0.05) is 23.7 Å². The zero-order valence-corrected chi connectivity index (χ0v) is 20.0. The Morgan fingerprint density at radius 3 is 2.29 bits per heavy atom. The maximum Gasteiger partial charge on any atom is 0.416 e. The monoisotopic (exact) mass is 522 g/mol. The van der Waals surface area contributed by atoms with Gasteiger partial charge in [0.2, 0.25) is 0 Å². The van der Waals surface area contributed by atoms with E-state index in [1.54, 1.807) is 35.0 Å². The molecule has 3 saturated carbocycles. The highest BCUT2D eigenvalue weighted by Gasteiger charge is 2.72. The van der Waals surface area contributed by atoms with Crippen molar-refractivity contribution in [2.75, 3.05) is 0 Å². The quantitative estimate of drug-likeness (QED) is 0.294. The number of carbonyl (C=O) groups is 2. The first-order valence-electron chi connectivity index (χ1n) is 12.1. The van der Waals surface area contributed by atoms with E-state index in [4.69, 9.17) is 0 Å². The molecule has 9 heteroatoms. The lowest BCUT2D eigenvalue weighted by Crippen LogP contribution is -2.77. The summed E-state index contributed by atoms with van der Waals surface area (Å²) in [4.78, 5) is 25.1. The van der Waals surface area contributed by atoms with Crippen molar-refractivity contribution in [1.82, 2.24) is 9.88 Å². The van der Waals surface area contributed by atoms with Gasteiger partial charge in [-0.15, -0.1) is 0 Å². The Morgan fingerprint density at radius 2 is 1.66 bits per heavy atom. The first-order chi connectivity index (χ1) is 18.0. The molecule has 2 bridgehead atoms. The lowest BCUT2D eigenvalue weighted by Gasteiger charge is -2.67. The number of hydrogen-bond donors (Lipinski definition) is 2. The van der Waals surface area contributed by atoms with Gasteiger partial charge in [-0.05, 0) is 78.4 Å². The summed E-state index contributed by atoms with van der Waals surface area (Å²) in [5.41, 5.74) is 0.710. The van der Waals surface area contributed by atoms with E-state index in [-0.39, 0.29) is 12.5 Å². The molecule has 4 aromatic rings. The number of alkyl halides is 3. The molecule has 1 heterocycles. The van der Waals surface area contributed by atoms with Crippen LogP contribution in [0.2, 0.25) is 0 Å². The van der Waals surface area contributed by atoms with Crippen LogP contribution in [-0.2, 0) is 17.5 Å². The van der Waals surface area contributed by atoms with Gasteiger partial charge in [0.05, 0.1) is 22.1 Å². The van der Waals surface area contributed by atoms with Crippen LogP contribution in [0, 0.1) is 11.2 Å². The van der Waals surface area contributed by atoms with Gasteiger partial charge in [-0.2, -0.15) is 13.2 Å². The fourth-order valence-corrected chi connectivity index (χ4v) is 5.94. The molecule has 0 atom stereocenters. The van der Waals surface area contributed by atoms with E-state index in [9.17, 15) is 32.3 Å². The summed E-state index contributed by atoms with van der Waals surface area (Å²) < 4.78 is 54.7. The van der Waals surface area contributed by atoms with Crippen LogP contribution in [0.25, 0.3) is 22.0 Å². The number of nitrogens with zero attached hydrogens (tertiary/aromatic N) is 1. The van der Waals surface area contributed by atoms with Crippen molar-refractivity contribution in [3.63, 3.8) is 0 Å². The summed E-state index contributed by atoms with van der Waals surface area (Å²) in [7, 11) is 0. The fourth-order valence-electron chi connectivity index (χ4n) is 5.94. The molecule has 2 N–H and O–H groups in total. The van der Waals surface area contributed by atoms with Crippen molar-refractivity contribution in [3.8, 4) is 11.1 Å². The van der Waals surface area contributed by atoms with Crippen LogP contribution < -0.4 is 5.32 Å². The molecule has 3 aromatic carbocycles. The normalized spacial score (nSPS) is 22.0. The van der Waals surface area contributed by atoms with Gasteiger partial charge in [0.25, 0.3) is 5.91 Å². The number of aliphatic carboxylic acids is 1. The maximum atomic E-state index is 14.0. The van der Waals surface area contributed by atoms with Crippen molar-refractivity contribution >= 4 is 22.8 Å². The molecule has 0 aliphatic heterocycles. The van der Waals surface area contributed by atoms with Crippen molar-refractivity contribution < 1.29 is 32.3 Å². The highest BCUT2D eigenvalue weighted by molar-refractivity contribution is 6.08. The van der Waals surface area contributed by atoms with Gasteiger partial charge >= 0.3 is 12.1 Å². The van der Waals surface area contributed by atoms with Crippen LogP contribution in [0.15, 0.2) is 72.9 Å². The standard InChI is InChI=1S/C29H22F4N2O3/c30-22-3-1-2-18(11-22)20-10-19-8-9-35(13-17-4-6-21(7-5-17)29(31,32)33)24(19)23(12-20)25(36)34-28-14-27(15-28,16-28)26(37)38/h1-12H,13-16H2,(H,34,36)(H,37,38). The molecule has 1 aromatic heterocycles. The summed E-state index contributed by atoms with van der Waals surface area (Å²) in [6, 6.07) is 16.2. The zero-order chi connectivity index (χ0) is 26.9. The van der Waals surface area contributed by atoms with Crippen LogP contribution >= 0.6 is 0 Å². The lowest BCUT2D eigenvalue weighted by molar-refractivity contribution is -0.196. The van der Waals surface area contributed by atoms with Gasteiger partial charge in [-0.3, -0.25) is 9.59 Å². The number of rotatable bonds is 6. The lowest BCUT2D eigenvalue weighted by atomic mass is 9.39. The SMILES string of the molecule is O=C(NC12CC(C(=O)O)(C1)C2)c1cc(-c2cccc(F)c2)cc2ccn(Cc3ccc(C(F)(F)F)cc3)c12. The molecule has 0 saturated heterocycles. The third-order valence-electron chi connectivity index (χ3n) is 7.76. The third-order valence-corrected chi connectivity index (χ3v) is 7.76. The van der Waals surface area contributed by atoms with E-state index in [1.807, 2.05) is 6.07 Å². The minimum absolute atomic E-state index is 0.231. The summed E-state index contributed by atoms with van der Waals surface area (Å²) >= 11 is 0. The van der Waals surface area contributed by atoms with Crippen LogP contribution in [0.3, 0.4) is 0 Å². The number of aromatic nitrogens is 1. The van der Waals surface area contributed by atoms with E-state index < -0.39 is 34.5 Å². The molecule has 0 unspecified atom stereocenters.